The molecule has 140 valence electrons. The summed E-state index contributed by atoms with van der Waals surface area (Å²) in [5.74, 6) is -0.350. The van der Waals surface area contributed by atoms with Crippen LogP contribution in [0.3, 0.4) is 0 Å². The van der Waals surface area contributed by atoms with Gasteiger partial charge in [-0.05, 0) is 55.2 Å². The molecule has 0 bridgehead atoms. The molecule has 0 heterocycles. The van der Waals surface area contributed by atoms with E-state index in [4.69, 9.17) is 11.6 Å². The minimum atomic E-state index is -3.44. The first-order valence-corrected chi connectivity index (χ1v) is 10.5. The summed E-state index contributed by atoms with van der Waals surface area (Å²) in [7, 11) is -3.44. The first kappa shape index (κ1) is 20.3. The van der Waals surface area contributed by atoms with Gasteiger partial charge in [-0.15, -0.1) is 0 Å². The van der Waals surface area contributed by atoms with Gasteiger partial charge in [-0.3, -0.25) is 9.52 Å². The number of carbonyl (C=O) groups excluding carboxylic acids is 1. The maximum atomic E-state index is 12.7. The molecule has 0 aromatic heterocycles. The molecular weight excluding hydrogens is 372 g/mol. The summed E-state index contributed by atoms with van der Waals surface area (Å²) < 4.78 is 25.1. The number of nitrogens with one attached hydrogen (secondary N) is 2. The van der Waals surface area contributed by atoms with Crippen molar-refractivity contribution in [2.24, 2.45) is 0 Å². The molecule has 2 rings (SSSR count). The van der Waals surface area contributed by atoms with Gasteiger partial charge in [0.15, 0.2) is 0 Å². The Hall–Kier alpha value is -2.05. The molecule has 2 aromatic carbocycles. The van der Waals surface area contributed by atoms with E-state index in [9.17, 15) is 13.2 Å². The average molecular weight is 395 g/mol. The molecule has 0 aliphatic rings. The highest BCUT2D eigenvalue weighted by Crippen LogP contribution is 2.24. The molecule has 0 aliphatic heterocycles. The molecule has 1 atom stereocenters. The number of halogens is 1. The lowest BCUT2D eigenvalue weighted by atomic mass is 9.99. The van der Waals surface area contributed by atoms with E-state index in [0.29, 0.717) is 12.1 Å². The van der Waals surface area contributed by atoms with Gasteiger partial charge in [0.2, 0.25) is 10.0 Å². The Bertz CT molecular complexity index is 926. The fraction of sp³-hybridized carbons (Fsp3) is 0.316. The third kappa shape index (κ3) is 5.22. The molecule has 7 heteroatoms. The molecule has 2 N–H and O–H groups in total. The monoisotopic (exact) mass is 394 g/mol. The Balaban J connectivity index is 2.27. The van der Waals surface area contributed by atoms with Crippen molar-refractivity contribution in [3.05, 3.63) is 63.7 Å². The Morgan fingerprint density at radius 2 is 1.81 bits per heavy atom. The van der Waals surface area contributed by atoms with Crippen molar-refractivity contribution in [1.29, 1.82) is 0 Å². The van der Waals surface area contributed by atoms with Crippen molar-refractivity contribution in [3.8, 4) is 0 Å². The topological polar surface area (TPSA) is 75.3 Å². The number of anilines is 1. The van der Waals surface area contributed by atoms with Gasteiger partial charge in [-0.2, -0.15) is 0 Å². The molecule has 1 amide bonds. The van der Waals surface area contributed by atoms with Gasteiger partial charge in [-0.25, -0.2) is 8.42 Å². The normalized spacial score (nSPS) is 12.5. The number of aryl methyl sites for hydroxylation is 2. The van der Waals surface area contributed by atoms with Crippen molar-refractivity contribution in [3.63, 3.8) is 0 Å². The summed E-state index contributed by atoms with van der Waals surface area (Å²) in [4.78, 5) is 12.7. The second-order valence-corrected chi connectivity index (χ2v) is 8.50. The zero-order valence-electron chi connectivity index (χ0n) is 15.3. The quantitative estimate of drug-likeness (QED) is 0.770. The van der Waals surface area contributed by atoms with Crippen LogP contribution in [0.5, 0.6) is 0 Å². The second-order valence-electron chi connectivity index (χ2n) is 6.35. The maximum Gasteiger partial charge on any atom is 0.253 e. The van der Waals surface area contributed by atoms with Crippen LogP contribution in [-0.2, 0) is 10.0 Å². The van der Waals surface area contributed by atoms with Gasteiger partial charge in [0, 0.05) is 5.69 Å². The van der Waals surface area contributed by atoms with Crippen molar-refractivity contribution < 1.29 is 13.2 Å². The molecule has 5 nitrogen and oxygen atoms in total. The van der Waals surface area contributed by atoms with Crippen LogP contribution in [0.1, 0.15) is 46.4 Å². The highest BCUT2D eigenvalue weighted by molar-refractivity contribution is 7.92. The van der Waals surface area contributed by atoms with E-state index in [1.54, 1.807) is 0 Å². The molecule has 0 saturated carbocycles. The van der Waals surface area contributed by atoms with Gasteiger partial charge in [0.05, 0.1) is 22.9 Å². The van der Waals surface area contributed by atoms with Crippen LogP contribution in [0.4, 0.5) is 5.69 Å². The molecule has 0 saturated heterocycles. The summed E-state index contributed by atoms with van der Waals surface area (Å²) in [6.07, 6.45) is 1.77. The van der Waals surface area contributed by atoms with E-state index in [1.807, 2.05) is 32.9 Å². The third-order valence-corrected chi connectivity index (χ3v) is 5.10. The van der Waals surface area contributed by atoms with E-state index in [1.165, 1.54) is 23.8 Å². The minimum absolute atomic E-state index is 0.163. The largest absolute Gasteiger partial charge is 0.345 e. The molecule has 0 unspecified atom stereocenters. The number of rotatable bonds is 6. The van der Waals surface area contributed by atoms with Crippen LogP contribution in [0, 0.1) is 13.8 Å². The van der Waals surface area contributed by atoms with Gasteiger partial charge in [0.1, 0.15) is 0 Å². The lowest BCUT2D eigenvalue weighted by molar-refractivity contribution is 0.0935. The number of carbonyl (C=O) groups is 1. The van der Waals surface area contributed by atoms with Crippen LogP contribution in [-0.4, -0.2) is 20.6 Å². The van der Waals surface area contributed by atoms with E-state index in [2.05, 4.69) is 16.1 Å². The molecule has 0 radical (unpaired) electrons. The zero-order chi connectivity index (χ0) is 19.5. The highest BCUT2D eigenvalue weighted by atomic mass is 35.5. The number of benzene rings is 2. The standard InChI is InChI=1S/C19H23ClN2O3S/c1-5-18(14-7-6-12(2)13(3)10-14)21-19(23)16-11-15(8-9-17(16)20)22-26(4,24)25/h6-11,18,22H,5H2,1-4H3,(H,21,23)/t18-/m1/s1. The number of sulfonamides is 1. The van der Waals surface area contributed by atoms with Gasteiger partial charge < -0.3 is 5.32 Å². The minimum Gasteiger partial charge on any atom is -0.345 e. The zero-order valence-corrected chi connectivity index (χ0v) is 16.8. The van der Waals surface area contributed by atoms with Crippen LogP contribution in [0.2, 0.25) is 5.02 Å². The Kier molecular flexibility index (Phi) is 6.31. The van der Waals surface area contributed by atoms with E-state index >= 15 is 0 Å². The molecule has 0 fully saturated rings. The maximum absolute atomic E-state index is 12.7. The molecule has 26 heavy (non-hydrogen) atoms. The highest BCUT2D eigenvalue weighted by Gasteiger charge is 2.18. The van der Waals surface area contributed by atoms with Crippen LogP contribution < -0.4 is 10.0 Å². The van der Waals surface area contributed by atoms with E-state index in [-0.39, 0.29) is 22.5 Å². The van der Waals surface area contributed by atoms with E-state index < -0.39 is 10.0 Å². The van der Waals surface area contributed by atoms with Gasteiger partial charge in [-0.1, -0.05) is 36.7 Å². The van der Waals surface area contributed by atoms with Crippen LogP contribution in [0.25, 0.3) is 0 Å². The van der Waals surface area contributed by atoms with Crippen molar-refractivity contribution in [1.82, 2.24) is 5.32 Å². The first-order valence-electron chi connectivity index (χ1n) is 8.26. The molecule has 0 aliphatic carbocycles. The first-order chi connectivity index (χ1) is 12.1. The molecular formula is C19H23ClN2O3S. The predicted molar refractivity (Wildman–Crippen MR) is 106 cm³/mol. The fourth-order valence-corrected chi connectivity index (χ4v) is 3.37. The number of amides is 1. The lowest BCUT2D eigenvalue weighted by Crippen LogP contribution is -2.28. The summed E-state index contributed by atoms with van der Waals surface area (Å²) in [6, 6.07) is 10.4. The van der Waals surface area contributed by atoms with Crippen molar-refractivity contribution >= 4 is 33.2 Å². The summed E-state index contributed by atoms with van der Waals surface area (Å²) in [5.41, 5.74) is 3.89. The van der Waals surface area contributed by atoms with Crippen LogP contribution >= 0.6 is 11.6 Å². The van der Waals surface area contributed by atoms with E-state index in [0.717, 1.165) is 17.4 Å². The van der Waals surface area contributed by atoms with Crippen molar-refractivity contribution in [2.75, 3.05) is 11.0 Å². The Labute approximate surface area is 159 Å². The van der Waals surface area contributed by atoms with Gasteiger partial charge >= 0.3 is 0 Å². The Morgan fingerprint density at radius 3 is 2.38 bits per heavy atom. The lowest BCUT2D eigenvalue weighted by Gasteiger charge is -2.19. The Morgan fingerprint density at radius 1 is 1.12 bits per heavy atom. The fourth-order valence-electron chi connectivity index (χ4n) is 2.62. The third-order valence-electron chi connectivity index (χ3n) is 4.16. The summed E-state index contributed by atoms with van der Waals surface area (Å²) in [6.45, 7) is 6.06. The predicted octanol–water partition coefficient (Wildman–Crippen LogP) is 4.21. The van der Waals surface area contributed by atoms with Crippen molar-refractivity contribution in [2.45, 2.75) is 33.2 Å². The molecule has 0 spiro atoms. The van der Waals surface area contributed by atoms with Gasteiger partial charge in [0.25, 0.3) is 5.91 Å². The molecule has 2 aromatic rings. The smallest absolute Gasteiger partial charge is 0.253 e. The number of hydrogen-bond donors (Lipinski definition) is 2. The number of hydrogen-bond acceptors (Lipinski definition) is 3. The summed E-state index contributed by atoms with van der Waals surface area (Å²) in [5, 5.41) is 3.24. The average Bonchev–Trinajstić information content (AvgIpc) is 2.55. The summed E-state index contributed by atoms with van der Waals surface area (Å²) >= 11 is 6.14. The second kappa shape index (κ2) is 8.10. The SMILES string of the molecule is CC[C@@H](NC(=O)c1cc(NS(C)(=O)=O)ccc1Cl)c1ccc(C)c(C)c1. The van der Waals surface area contributed by atoms with Crippen LogP contribution in [0.15, 0.2) is 36.4 Å².